The Bertz CT molecular complexity index is 846. The van der Waals surface area contributed by atoms with Crippen LogP contribution in [0.5, 0.6) is 5.75 Å². The van der Waals surface area contributed by atoms with E-state index in [-0.39, 0.29) is 5.91 Å². The van der Waals surface area contributed by atoms with Crippen LogP contribution in [0.2, 0.25) is 0 Å². The van der Waals surface area contributed by atoms with Crippen molar-refractivity contribution in [2.75, 3.05) is 18.2 Å². The largest absolute Gasteiger partial charge is 0.495 e. The normalized spacial score (nSPS) is 10.4. The highest BCUT2D eigenvalue weighted by Crippen LogP contribution is 2.27. The molecule has 5 heteroatoms. The molecule has 3 N–H and O–H groups in total. The summed E-state index contributed by atoms with van der Waals surface area (Å²) in [6.45, 7) is 0. The Hall–Kier alpha value is -3.08. The summed E-state index contributed by atoms with van der Waals surface area (Å²) in [5, 5.41) is 3.76. The van der Waals surface area contributed by atoms with Gasteiger partial charge in [0.1, 0.15) is 11.4 Å². The van der Waals surface area contributed by atoms with Gasteiger partial charge in [-0.25, -0.2) is 4.98 Å². The molecule has 1 amide bonds. The van der Waals surface area contributed by atoms with E-state index in [0.717, 1.165) is 10.9 Å². The lowest BCUT2D eigenvalue weighted by atomic mass is 10.2. The lowest BCUT2D eigenvalue weighted by Crippen LogP contribution is -2.14. The number of nitrogens with two attached hydrogens (primary N) is 1. The molecule has 0 aliphatic carbocycles. The average molecular weight is 293 g/mol. The molecular weight excluding hydrogens is 278 g/mol. The van der Waals surface area contributed by atoms with Gasteiger partial charge in [0.15, 0.2) is 0 Å². The molecule has 0 saturated heterocycles. The molecule has 3 rings (SSSR count). The zero-order valence-corrected chi connectivity index (χ0v) is 12.0. The van der Waals surface area contributed by atoms with Crippen LogP contribution in [0.15, 0.2) is 54.6 Å². The number of carbonyl (C=O) groups excluding carboxylic acids is 1. The van der Waals surface area contributed by atoms with Gasteiger partial charge in [0.25, 0.3) is 5.91 Å². The van der Waals surface area contributed by atoms with E-state index in [1.165, 1.54) is 7.11 Å². The first-order valence-electron chi connectivity index (χ1n) is 6.78. The Morgan fingerprint density at radius 2 is 1.95 bits per heavy atom. The van der Waals surface area contributed by atoms with Gasteiger partial charge in [-0.1, -0.05) is 24.3 Å². The molecule has 2 aromatic carbocycles. The molecule has 0 atom stereocenters. The molecule has 0 unspecified atom stereocenters. The second kappa shape index (κ2) is 5.73. The zero-order chi connectivity index (χ0) is 15.5. The van der Waals surface area contributed by atoms with Crippen LogP contribution in [0, 0.1) is 0 Å². The fraction of sp³-hybridized carbons (Fsp3) is 0.0588. The van der Waals surface area contributed by atoms with E-state index in [2.05, 4.69) is 10.3 Å². The summed E-state index contributed by atoms with van der Waals surface area (Å²) in [7, 11) is 1.54. The summed E-state index contributed by atoms with van der Waals surface area (Å²) in [6.07, 6.45) is 0. The van der Waals surface area contributed by atoms with E-state index in [1.54, 1.807) is 24.3 Å². The molecule has 0 aliphatic heterocycles. The molecule has 0 saturated carbocycles. The zero-order valence-electron chi connectivity index (χ0n) is 12.0. The number of nitrogens with zero attached hydrogens (tertiary/aromatic N) is 1. The summed E-state index contributed by atoms with van der Waals surface area (Å²) in [5.41, 5.74) is 7.92. The maximum absolute atomic E-state index is 12.4. The second-order valence-electron chi connectivity index (χ2n) is 4.80. The number of hydrogen-bond donors (Lipinski definition) is 2. The number of para-hydroxylation sites is 1. The van der Waals surface area contributed by atoms with Gasteiger partial charge in [-0.3, -0.25) is 4.79 Å². The van der Waals surface area contributed by atoms with E-state index in [0.29, 0.717) is 22.8 Å². The van der Waals surface area contributed by atoms with Crippen LogP contribution in [0.3, 0.4) is 0 Å². The Balaban J connectivity index is 1.91. The number of nitrogen functional groups attached to an aromatic ring is 1. The topological polar surface area (TPSA) is 77.2 Å². The van der Waals surface area contributed by atoms with E-state index in [9.17, 15) is 4.79 Å². The van der Waals surface area contributed by atoms with Crippen LogP contribution >= 0.6 is 0 Å². The number of fused-ring (bicyclic) bond motifs is 1. The van der Waals surface area contributed by atoms with Gasteiger partial charge in [0.05, 0.1) is 18.3 Å². The molecule has 0 aliphatic rings. The molecule has 5 nitrogen and oxygen atoms in total. The minimum atomic E-state index is -0.311. The third-order valence-electron chi connectivity index (χ3n) is 3.30. The third-order valence-corrected chi connectivity index (χ3v) is 3.30. The van der Waals surface area contributed by atoms with Crippen molar-refractivity contribution in [2.24, 2.45) is 0 Å². The predicted molar refractivity (Wildman–Crippen MR) is 87.1 cm³/mol. The summed E-state index contributed by atoms with van der Waals surface area (Å²) in [5.74, 6) is 0.234. The smallest absolute Gasteiger partial charge is 0.274 e. The molecule has 22 heavy (non-hydrogen) atoms. The van der Waals surface area contributed by atoms with Crippen molar-refractivity contribution in [1.29, 1.82) is 0 Å². The van der Waals surface area contributed by atoms with Crippen molar-refractivity contribution < 1.29 is 9.53 Å². The highest BCUT2D eigenvalue weighted by Gasteiger charge is 2.12. The van der Waals surface area contributed by atoms with Crippen molar-refractivity contribution in [3.8, 4) is 5.75 Å². The molecule has 0 fully saturated rings. The predicted octanol–water partition coefficient (Wildman–Crippen LogP) is 3.08. The van der Waals surface area contributed by atoms with Crippen molar-refractivity contribution >= 4 is 28.2 Å². The number of benzene rings is 2. The van der Waals surface area contributed by atoms with E-state index < -0.39 is 0 Å². The number of pyridine rings is 1. The summed E-state index contributed by atoms with van der Waals surface area (Å²) in [6, 6.07) is 16.3. The maximum Gasteiger partial charge on any atom is 0.274 e. The number of rotatable bonds is 3. The first-order valence-corrected chi connectivity index (χ1v) is 6.78. The molecule has 110 valence electrons. The van der Waals surface area contributed by atoms with Gasteiger partial charge < -0.3 is 15.8 Å². The Kier molecular flexibility index (Phi) is 3.62. The van der Waals surface area contributed by atoms with Gasteiger partial charge in [-0.15, -0.1) is 0 Å². The highest BCUT2D eigenvalue weighted by molar-refractivity contribution is 6.05. The van der Waals surface area contributed by atoms with Crippen LogP contribution in [-0.2, 0) is 0 Å². The number of hydrogen-bond acceptors (Lipinski definition) is 4. The fourth-order valence-electron chi connectivity index (χ4n) is 2.20. The standard InChI is InChI=1S/C17H15N3O2/c1-22-16-9-7-12(18)10-15(16)20-17(21)14-8-6-11-4-2-3-5-13(11)19-14/h2-10H,18H2,1H3,(H,20,21). The van der Waals surface area contributed by atoms with Crippen LogP contribution in [-0.4, -0.2) is 18.0 Å². The van der Waals surface area contributed by atoms with Gasteiger partial charge >= 0.3 is 0 Å². The average Bonchev–Trinajstić information content (AvgIpc) is 2.54. The van der Waals surface area contributed by atoms with Crippen molar-refractivity contribution in [3.63, 3.8) is 0 Å². The number of aromatic nitrogens is 1. The minimum absolute atomic E-state index is 0.311. The van der Waals surface area contributed by atoms with Gasteiger partial charge in [0, 0.05) is 11.1 Å². The number of ether oxygens (including phenoxy) is 1. The van der Waals surface area contributed by atoms with Gasteiger partial charge in [0.2, 0.25) is 0 Å². The molecule has 1 aromatic heterocycles. The van der Waals surface area contributed by atoms with E-state index in [4.69, 9.17) is 10.5 Å². The van der Waals surface area contributed by atoms with Gasteiger partial charge in [-0.05, 0) is 30.3 Å². The first kappa shape index (κ1) is 13.9. The van der Waals surface area contributed by atoms with Gasteiger partial charge in [-0.2, -0.15) is 0 Å². The molecule has 0 radical (unpaired) electrons. The van der Waals surface area contributed by atoms with Crippen molar-refractivity contribution in [3.05, 3.63) is 60.3 Å². The third kappa shape index (κ3) is 2.69. The molecule has 1 heterocycles. The summed E-state index contributed by atoms with van der Waals surface area (Å²) < 4.78 is 5.22. The van der Waals surface area contributed by atoms with Crippen LogP contribution in [0.4, 0.5) is 11.4 Å². The van der Waals surface area contributed by atoms with Crippen LogP contribution < -0.4 is 15.8 Å². The molecule has 0 bridgehead atoms. The molecule has 0 spiro atoms. The summed E-state index contributed by atoms with van der Waals surface area (Å²) >= 11 is 0. The van der Waals surface area contributed by atoms with Crippen molar-refractivity contribution in [1.82, 2.24) is 4.98 Å². The Morgan fingerprint density at radius 1 is 1.14 bits per heavy atom. The second-order valence-corrected chi connectivity index (χ2v) is 4.80. The Labute approximate surface area is 127 Å². The number of carbonyl (C=O) groups is 1. The fourth-order valence-corrected chi connectivity index (χ4v) is 2.20. The van der Waals surface area contributed by atoms with Crippen LogP contribution in [0.25, 0.3) is 10.9 Å². The molecule has 3 aromatic rings. The quantitative estimate of drug-likeness (QED) is 0.727. The first-order chi connectivity index (χ1) is 10.7. The lowest BCUT2D eigenvalue weighted by molar-refractivity contribution is 0.102. The lowest BCUT2D eigenvalue weighted by Gasteiger charge is -2.11. The van der Waals surface area contributed by atoms with Crippen molar-refractivity contribution in [2.45, 2.75) is 0 Å². The van der Waals surface area contributed by atoms with E-state index >= 15 is 0 Å². The number of methoxy groups -OCH3 is 1. The van der Waals surface area contributed by atoms with Crippen LogP contribution in [0.1, 0.15) is 10.5 Å². The number of amides is 1. The monoisotopic (exact) mass is 293 g/mol. The molecular formula is C17H15N3O2. The summed E-state index contributed by atoms with van der Waals surface area (Å²) in [4.78, 5) is 16.7. The minimum Gasteiger partial charge on any atom is -0.495 e. The number of anilines is 2. The SMILES string of the molecule is COc1ccc(N)cc1NC(=O)c1ccc2ccccc2n1. The highest BCUT2D eigenvalue weighted by atomic mass is 16.5. The maximum atomic E-state index is 12.4. The number of nitrogens with one attached hydrogen (secondary N) is 1. The Morgan fingerprint density at radius 3 is 2.77 bits per heavy atom. The van der Waals surface area contributed by atoms with E-state index in [1.807, 2.05) is 30.3 Å².